The third-order valence-electron chi connectivity index (χ3n) is 4.44. The van der Waals surface area contributed by atoms with Crippen LogP contribution >= 0.6 is 0 Å². The van der Waals surface area contributed by atoms with E-state index in [1.807, 2.05) is 0 Å². The summed E-state index contributed by atoms with van der Waals surface area (Å²) < 4.78 is 6.19. The molecule has 0 N–H and O–H groups in total. The Morgan fingerprint density at radius 1 is 1.12 bits per heavy atom. The van der Waals surface area contributed by atoms with Crippen LogP contribution < -0.4 is 4.74 Å². The van der Waals surface area contributed by atoms with Crippen LogP contribution in [0.5, 0.6) is 5.75 Å². The third-order valence-corrected chi connectivity index (χ3v) is 4.44. The van der Waals surface area contributed by atoms with Crippen molar-refractivity contribution < 1.29 is 4.74 Å². The Labute approximate surface area is 104 Å². The van der Waals surface area contributed by atoms with E-state index in [1.165, 1.54) is 31.2 Å². The Balaban J connectivity index is 1.70. The number of aryl methyl sites for hydroxylation is 1. The number of fused-ring (bicyclic) bond motifs is 2. The highest BCUT2D eigenvalue weighted by molar-refractivity contribution is 5.32. The normalized spacial score (nSPS) is 32.7. The van der Waals surface area contributed by atoms with Crippen LogP contribution in [0.15, 0.2) is 24.3 Å². The van der Waals surface area contributed by atoms with Crippen LogP contribution in [0.2, 0.25) is 0 Å². The van der Waals surface area contributed by atoms with Crippen LogP contribution in [0.3, 0.4) is 0 Å². The summed E-state index contributed by atoms with van der Waals surface area (Å²) in [6.07, 6.45) is 5.52. The van der Waals surface area contributed by atoms with E-state index in [1.54, 1.807) is 0 Å². The van der Waals surface area contributed by atoms with E-state index >= 15 is 0 Å². The highest BCUT2D eigenvalue weighted by atomic mass is 16.5. The Kier molecular flexibility index (Phi) is 2.83. The lowest BCUT2D eigenvalue weighted by Gasteiger charge is -2.36. The fourth-order valence-corrected chi connectivity index (χ4v) is 3.33. The first kappa shape index (κ1) is 11.1. The lowest BCUT2D eigenvalue weighted by molar-refractivity contribution is 0.0657. The first-order valence-corrected chi connectivity index (χ1v) is 6.68. The van der Waals surface area contributed by atoms with Crippen LogP contribution in [0.1, 0.15) is 31.2 Å². The standard InChI is InChI=1S/C15H21NO/c1-11-5-3-4-6-15(11)17-14-9-12-7-8-13(10-14)16(12)2/h3-6,12-14H,7-10H2,1-2H3. The molecule has 2 heteroatoms. The number of hydrogen-bond acceptors (Lipinski definition) is 2. The minimum atomic E-state index is 0.421. The highest BCUT2D eigenvalue weighted by Crippen LogP contribution is 2.36. The summed E-state index contributed by atoms with van der Waals surface area (Å²) in [6.45, 7) is 2.12. The molecule has 1 aromatic rings. The number of rotatable bonds is 2. The van der Waals surface area contributed by atoms with Gasteiger partial charge in [-0.05, 0) is 51.3 Å². The topological polar surface area (TPSA) is 12.5 Å². The van der Waals surface area contributed by atoms with Crippen LogP contribution in [0.25, 0.3) is 0 Å². The summed E-state index contributed by atoms with van der Waals surface area (Å²) in [5.41, 5.74) is 1.25. The molecule has 2 unspecified atom stereocenters. The summed E-state index contributed by atoms with van der Waals surface area (Å²) in [6, 6.07) is 9.85. The number of piperidine rings is 1. The Morgan fingerprint density at radius 2 is 1.76 bits per heavy atom. The third kappa shape index (κ3) is 2.06. The molecule has 0 aliphatic carbocycles. The molecular weight excluding hydrogens is 210 g/mol. The predicted molar refractivity (Wildman–Crippen MR) is 69.4 cm³/mol. The van der Waals surface area contributed by atoms with Crippen molar-refractivity contribution in [2.45, 2.75) is 50.8 Å². The average molecular weight is 231 g/mol. The summed E-state index contributed by atoms with van der Waals surface area (Å²) in [5.74, 6) is 1.07. The van der Waals surface area contributed by atoms with Crippen LogP contribution in [0.4, 0.5) is 0 Å². The summed E-state index contributed by atoms with van der Waals surface area (Å²) >= 11 is 0. The van der Waals surface area contributed by atoms with Crippen molar-refractivity contribution in [3.63, 3.8) is 0 Å². The second-order valence-corrected chi connectivity index (χ2v) is 5.53. The molecule has 2 aliphatic heterocycles. The van der Waals surface area contributed by atoms with E-state index in [0.717, 1.165) is 17.8 Å². The minimum absolute atomic E-state index is 0.421. The molecule has 0 spiro atoms. The van der Waals surface area contributed by atoms with Gasteiger partial charge in [0.15, 0.2) is 0 Å². The van der Waals surface area contributed by atoms with Gasteiger partial charge in [-0.25, -0.2) is 0 Å². The number of hydrogen-bond donors (Lipinski definition) is 0. The molecule has 2 fully saturated rings. The second kappa shape index (κ2) is 4.34. The van der Waals surface area contributed by atoms with Crippen molar-refractivity contribution in [1.29, 1.82) is 0 Å². The van der Waals surface area contributed by atoms with Crippen molar-refractivity contribution in [1.82, 2.24) is 4.90 Å². The fraction of sp³-hybridized carbons (Fsp3) is 0.600. The van der Waals surface area contributed by atoms with Gasteiger partial charge in [-0.3, -0.25) is 0 Å². The van der Waals surface area contributed by atoms with Crippen LogP contribution in [-0.4, -0.2) is 30.1 Å². The van der Waals surface area contributed by atoms with Gasteiger partial charge in [0.25, 0.3) is 0 Å². The molecule has 0 saturated carbocycles. The number of nitrogens with zero attached hydrogens (tertiary/aromatic N) is 1. The number of ether oxygens (including phenoxy) is 1. The van der Waals surface area contributed by atoms with E-state index in [-0.39, 0.29) is 0 Å². The molecular formula is C15H21NO. The molecule has 2 aliphatic rings. The van der Waals surface area contributed by atoms with Gasteiger partial charge in [-0.2, -0.15) is 0 Å². The van der Waals surface area contributed by atoms with E-state index in [4.69, 9.17) is 4.74 Å². The van der Waals surface area contributed by atoms with Crippen molar-refractivity contribution >= 4 is 0 Å². The largest absolute Gasteiger partial charge is 0.490 e. The van der Waals surface area contributed by atoms with E-state index in [9.17, 15) is 0 Å². The van der Waals surface area contributed by atoms with Gasteiger partial charge in [-0.15, -0.1) is 0 Å². The highest BCUT2D eigenvalue weighted by Gasteiger charge is 2.39. The van der Waals surface area contributed by atoms with Crippen molar-refractivity contribution in [2.24, 2.45) is 0 Å². The monoisotopic (exact) mass is 231 g/mol. The molecule has 2 nitrogen and oxygen atoms in total. The smallest absolute Gasteiger partial charge is 0.122 e. The van der Waals surface area contributed by atoms with Gasteiger partial charge >= 0.3 is 0 Å². The molecule has 2 bridgehead atoms. The van der Waals surface area contributed by atoms with E-state index in [2.05, 4.69) is 43.1 Å². The lowest BCUT2D eigenvalue weighted by Crippen LogP contribution is -2.43. The maximum absolute atomic E-state index is 6.19. The molecule has 2 saturated heterocycles. The van der Waals surface area contributed by atoms with E-state index < -0.39 is 0 Å². The summed E-state index contributed by atoms with van der Waals surface area (Å²) in [7, 11) is 2.27. The molecule has 1 aromatic carbocycles. The maximum Gasteiger partial charge on any atom is 0.122 e. The molecule has 0 aromatic heterocycles. The molecule has 3 rings (SSSR count). The van der Waals surface area contributed by atoms with Gasteiger partial charge in [0.2, 0.25) is 0 Å². The average Bonchev–Trinajstić information content (AvgIpc) is 2.55. The zero-order valence-corrected chi connectivity index (χ0v) is 10.7. The summed E-state index contributed by atoms with van der Waals surface area (Å²) in [4.78, 5) is 2.55. The zero-order valence-electron chi connectivity index (χ0n) is 10.7. The zero-order chi connectivity index (χ0) is 11.8. The molecule has 0 amide bonds. The first-order chi connectivity index (χ1) is 8.24. The quantitative estimate of drug-likeness (QED) is 0.776. The SMILES string of the molecule is Cc1ccccc1OC1CC2CCC(C1)N2C. The predicted octanol–water partition coefficient (Wildman–Crippen LogP) is 3.00. The molecule has 92 valence electrons. The number of benzene rings is 1. The Bertz CT molecular complexity index is 390. The first-order valence-electron chi connectivity index (χ1n) is 6.68. The molecule has 2 atom stereocenters. The van der Waals surface area contributed by atoms with Gasteiger partial charge in [0.05, 0.1) is 0 Å². The Hall–Kier alpha value is -1.02. The van der Waals surface area contributed by atoms with Crippen LogP contribution in [0, 0.1) is 6.92 Å². The van der Waals surface area contributed by atoms with Gasteiger partial charge < -0.3 is 9.64 Å². The van der Waals surface area contributed by atoms with Crippen molar-refractivity contribution in [2.75, 3.05) is 7.05 Å². The molecule has 0 radical (unpaired) electrons. The van der Waals surface area contributed by atoms with Crippen molar-refractivity contribution in [3.8, 4) is 5.75 Å². The fourth-order valence-electron chi connectivity index (χ4n) is 3.33. The maximum atomic E-state index is 6.19. The molecule has 17 heavy (non-hydrogen) atoms. The lowest BCUT2D eigenvalue weighted by atomic mass is 10.0. The van der Waals surface area contributed by atoms with Crippen LogP contribution in [-0.2, 0) is 0 Å². The Morgan fingerprint density at radius 3 is 2.41 bits per heavy atom. The number of para-hydroxylation sites is 1. The second-order valence-electron chi connectivity index (χ2n) is 5.53. The van der Waals surface area contributed by atoms with Gasteiger partial charge in [0.1, 0.15) is 11.9 Å². The summed E-state index contributed by atoms with van der Waals surface area (Å²) in [5, 5.41) is 0. The van der Waals surface area contributed by atoms with Gasteiger partial charge in [-0.1, -0.05) is 18.2 Å². The van der Waals surface area contributed by atoms with Crippen molar-refractivity contribution in [3.05, 3.63) is 29.8 Å². The van der Waals surface area contributed by atoms with E-state index in [0.29, 0.717) is 6.10 Å². The van der Waals surface area contributed by atoms with Gasteiger partial charge in [0, 0.05) is 12.1 Å². The molecule has 2 heterocycles. The minimum Gasteiger partial charge on any atom is -0.490 e.